The number of pyridine rings is 1. The summed E-state index contributed by atoms with van der Waals surface area (Å²) in [6.07, 6.45) is 4.24. The van der Waals surface area contributed by atoms with Gasteiger partial charge in [-0.2, -0.15) is 0 Å². The Balaban J connectivity index is 0.00000363. The van der Waals surface area contributed by atoms with Crippen LogP contribution in [0.1, 0.15) is 42.9 Å². The van der Waals surface area contributed by atoms with E-state index in [1.165, 1.54) is 11.1 Å². The fraction of sp³-hybridized carbons (Fsp3) is 0.458. The molecular weight excluding hydrogens is 517 g/mol. The predicted octanol–water partition coefficient (Wildman–Crippen LogP) is 4.16. The highest BCUT2D eigenvalue weighted by molar-refractivity contribution is 14.0. The average Bonchev–Trinajstić information content (AvgIpc) is 2.74. The molecule has 1 fully saturated rings. The monoisotopic (exact) mass is 551 g/mol. The number of aromatic nitrogens is 1. The number of halogens is 1. The number of hydrogen-bond acceptors (Lipinski definition) is 4. The van der Waals surface area contributed by atoms with Crippen molar-refractivity contribution in [2.24, 2.45) is 16.6 Å². The highest BCUT2D eigenvalue weighted by atomic mass is 127. The lowest BCUT2D eigenvalue weighted by Gasteiger charge is -2.34. The van der Waals surface area contributed by atoms with Crippen LogP contribution in [0.4, 0.5) is 0 Å². The summed E-state index contributed by atoms with van der Waals surface area (Å²) in [4.78, 5) is 22.7. The molecule has 1 saturated heterocycles. The summed E-state index contributed by atoms with van der Waals surface area (Å²) in [6.45, 7) is 9.24. The van der Waals surface area contributed by atoms with Gasteiger partial charge in [0.05, 0.1) is 6.54 Å². The maximum atomic E-state index is 11.3. The highest BCUT2D eigenvalue weighted by Gasteiger charge is 2.23. The second-order valence-corrected chi connectivity index (χ2v) is 8.15. The van der Waals surface area contributed by atoms with Gasteiger partial charge in [-0.3, -0.25) is 4.79 Å². The number of piperidine rings is 1. The maximum Gasteiger partial charge on any atom is 0.219 e. The van der Waals surface area contributed by atoms with E-state index >= 15 is 0 Å². The van der Waals surface area contributed by atoms with E-state index in [4.69, 9.17) is 15.5 Å². The number of aliphatic imine (C=N–C) groups is 1. The molecule has 174 valence electrons. The molecule has 1 aromatic heterocycles. The van der Waals surface area contributed by atoms with Crippen LogP contribution in [-0.4, -0.2) is 41.4 Å². The predicted molar refractivity (Wildman–Crippen MR) is 139 cm³/mol. The van der Waals surface area contributed by atoms with Crippen LogP contribution < -0.4 is 15.8 Å². The van der Waals surface area contributed by atoms with Crippen molar-refractivity contribution >= 4 is 35.8 Å². The van der Waals surface area contributed by atoms with Gasteiger partial charge in [-0.05, 0) is 74.4 Å². The Hall–Kier alpha value is -2.36. The van der Waals surface area contributed by atoms with Crippen LogP contribution in [0.25, 0.3) is 0 Å². The molecule has 2 heterocycles. The highest BCUT2D eigenvalue weighted by Crippen LogP contribution is 2.23. The number of rotatable bonds is 7. The van der Waals surface area contributed by atoms with Crippen molar-refractivity contribution < 1.29 is 9.53 Å². The summed E-state index contributed by atoms with van der Waals surface area (Å²) in [6, 6.07) is 9.90. The largest absolute Gasteiger partial charge is 0.439 e. The van der Waals surface area contributed by atoms with Crippen LogP contribution in [0.3, 0.4) is 0 Å². The van der Waals surface area contributed by atoms with Gasteiger partial charge in [0, 0.05) is 38.3 Å². The third-order valence-corrected chi connectivity index (χ3v) is 5.55. The zero-order chi connectivity index (χ0) is 22.2. The Morgan fingerprint density at radius 2 is 2.09 bits per heavy atom. The lowest BCUT2D eigenvalue weighted by atomic mass is 9.95. The van der Waals surface area contributed by atoms with E-state index in [0.29, 0.717) is 18.8 Å². The Morgan fingerprint density at radius 3 is 2.81 bits per heavy atom. The van der Waals surface area contributed by atoms with Gasteiger partial charge < -0.3 is 20.7 Å². The normalized spacial score (nSPS) is 16.3. The van der Waals surface area contributed by atoms with E-state index in [9.17, 15) is 4.79 Å². The fourth-order valence-corrected chi connectivity index (χ4v) is 3.80. The van der Waals surface area contributed by atoms with Gasteiger partial charge in [0.25, 0.3) is 0 Å². The lowest BCUT2D eigenvalue weighted by Crippen LogP contribution is -2.47. The number of nitrogens with two attached hydrogens (primary N) is 1. The summed E-state index contributed by atoms with van der Waals surface area (Å²) in [5, 5.41) is 3.38. The zero-order valence-corrected chi connectivity index (χ0v) is 21.5. The van der Waals surface area contributed by atoms with Crippen molar-refractivity contribution in [3.8, 4) is 11.6 Å². The van der Waals surface area contributed by atoms with Gasteiger partial charge in [-0.15, -0.1) is 24.0 Å². The van der Waals surface area contributed by atoms with Crippen LogP contribution in [0.5, 0.6) is 11.6 Å². The SMILES string of the molecule is CCNC(=NCc1ccnc(Oc2ccc(C)c(C)c2)c1)N1CCCC(CC(N)=O)C1.I. The number of likely N-dealkylation sites (tertiary alicyclic amines) is 1. The van der Waals surface area contributed by atoms with Crippen molar-refractivity contribution in [3.05, 3.63) is 53.2 Å². The summed E-state index contributed by atoms with van der Waals surface area (Å²) < 4.78 is 5.95. The summed E-state index contributed by atoms with van der Waals surface area (Å²) >= 11 is 0. The van der Waals surface area contributed by atoms with Crippen LogP contribution in [-0.2, 0) is 11.3 Å². The molecule has 2 aromatic rings. The zero-order valence-electron chi connectivity index (χ0n) is 19.1. The molecule has 1 atom stereocenters. The summed E-state index contributed by atoms with van der Waals surface area (Å²) in [7, 11) is 0. The molecule has 0 radical (unpaired) electrons. The second-order valence-electron chi connectivity index (χ2n) is 8.15. The van der Waals surface area contributed by atoms with Crippen molar-refractivity contribution in [2.75, 3.05) is 19.6 Å². The minimum absolute atomic E-state index is 0. The quantitative estimate of drug-likeness (QED) is 0.306. The number of carbonyl (C=O) groups is 1. The van der Waals surface area contributed by atoms with Crippen molar-refractivity contribution in [1.82, 2.24) is 15.2 Å². The number of primary amides is 1. The number of amides is 1. The Kier molecular flexibility index (Phi) is 10.2. The van der Waals surface area contributed by atoms with Gasteiger partial charge in [-0.25, -0.2) is 9.98 Å². The minimum Gasteiger partial charge on any atom is -0.439 e. The average molecular weight is 551 g/mol. The molecule has 32 heavy (non-hydrogen) atoms. The van der Waals surface area contributed by atoms with E-state index in [-0.39, 0.29) is 35.8 Å². The second kappa shape index (κ2) is 12.6. The van der Waals surface area contributed by atoms with E-state index in [1.807, 2.05) is 30.3 Å². The van der Waals surface area contributed by atoms with Crippen LogP contribution >= 0.6 is 24.0 Å². The standard InChI is InChI=1S/C24H33N5O2.HI/c1-4-26-24(29-11-5-6-20(16-29)13-22(25)30)28-15-19-9-10-27-23(14-19)31-21-8-7-17(2)18(3)12-21;/h7-10,12,14,20H,4-6,11,13,15-16H2,1-3H3,(H2,25,30)(H,26,28);1H. The molecule has 0 aliphatic carbocycles. The topological polar surface area (TPSA) is 92.8 Å². The van der Waals surface area contributed by atoms with Crippen molar-refractivity contribution in [1.29, 1.82) is 0 Å². The summed E-state index contributed by atoms with van der Waals surface area (Å²) in [5.74, 6) is 2.25. The molecule has 7 nitrogen and oxygen atoms in total. The Morgan fingerprint density at radius 1 is 1.28 bits per heavy atom. The molecule has 3 rings (SSSR count). The molecule has 1 unspecified atom stereocenters. The Bertz CT molecular complexity index is 934. The molecule has 0 saturated carbocycles. The van der Waals surface area contributed by atoms with E-state index < -0.39 is 0 Å². The lowest BCUT2D eigenvalue weighted by molar-refractivity contribution is -0.119. The first-order valence-electron chi connectivity index (χ1n) is 11.0. The van der Waals surface area contributed by atoms with Crippen LogP contribution in [0.2, 0.25) is 0 Å². The molecule has 1 aromatic carbocycles. The number of ether oxygens (including phenoxy) is 1. The molecule has 1 aliphatic heterocycles. The third-order valence-electron chi connectivity index (χ3n) is 5.55. The number of carbonyl (C=O) groups excluding carboxylic acids is 1. The maximum absolute atomic E-state index is 11.3. The number of nitrogens with one attached hydrogen (secondary N) is 1. The number of aryl methyl sites for hydroxylation is 2. The fourth-order valence-electron chi connectivity index (χ4n) is 3.80. The first-order valence-corrected chi connectivity index (χ1v) is 11.0. The van der Waals surface area contributed by atoms with Crippen LogP contribution in [0.15, 0.2) is 41.5 Å². The number of hydrogen-bond donors (Lipinski definition) is 2. The van der Waals surface area contributed by atoms with Crippen LogP contribution in [0, 0.1) is 19.8 Å². The molecule has 0 bridgehead atoms. The van der Waals surface area contributed by atoms with E-state index in [0.717, 1.165) is 49.7 Å². The minimum atomic E-state index is -0.234. The van der Waals surface area contributed by atoms with E-state index in [2.05, 4.69) is 36.0 Å². The molecule has 8 heteroatoms. The molecule has 1 aliphatic rings. The molecule has 1 amide bonds. The van der Waals surface area contributed by atoms with Crippen molar-refractivity contribution in [2.45, 2.75) is 46.6 Å². The summed E-state index contributed by atoms with van der Waals surface area (Å²) in [5.41, 5.74) is 8.84. The number of benzene rings is 1. The number of nitrogens with zero attached hydrogens (tertiary/aromatic N) is 3. The first-order chi connectivity index (χ1) is 14.9. The van der Waals surface area contributed by atoms with E-state index in [1.54, 1.807) is 6.20 Å². The van der Waals surface area contributed by atoms with Gasteiger partial charge >= 0.3 is 0 Å². The van der Waals surface area contributed by atoms with Crippen molar-refractivity contribution in [3.63, 3.8) is 0 Å². The smallest absolute Gasteiger partial charge is 0.219 e. The molecule has 3 N–H and O–H groups in total. The third kappa shape index (κ3) is 7.65. The first kappa shape index (κ1) is 25.9. The Labute approximate surface area is 207 Å². The van der Waals surface area contributed by atoms with Gasteiger partial charge in [0.15, 0.2) is 5.96 Å². The van der Waals surface area contributed by atoms with Gasteiger partial charge in [0.2, 0.25) is 11.8 Å². The van der Waals surface area contributed by atoms with Gasteiger partial charge in [-0.1, -0.05) is 6.07 Å². The molecular formula is C24H34IN5O2. The number of guanidine groups is 1. The van der Waals surface area contributed by atoms with Gasteiger partial charge in [0.1, 0.15) is 5.75 Å². The molecule has 0 spiro atoms.